The number of carbonyl (C=O) groups excluding carboxylic acids is 1. The molecule has 1 N–H and O–H groups in total. The molecule has 0 fully saturated rings. The number of nitrogens with zero attached hydrogens (tertiary/aromatic N) is 5. The van der Waals surface area contributed by atoms with Gasteiger partial charge in [0.25, 0.3) is 5.91 Å². The number of benzene rings is 1. The maximum absolute atomic E-state index is 12.5. The zero-order valence-corrected chi connectivity index (χ0v) is 14.8. The molecule has 7 nitrogen and oxygen atoms in total. The molecular weight excluding hydrogens is 340 g/mol. The second-order valence-corrected chi connectivity index (χ2v) is 5.94. The van der Waals surface area contributed by atoms with Crippen LogP contribution in [0.2, 0.25) is 0 Å². The molecule has 27 heavy (non-hydrogen) atoms. The number of hydrogen-bond acceptors (Lipinski definition) is 6. The number of aromatic nitrogens is 3. The first-order chi connectivity index (χ1) is 13.2. The van der Waals surface area contributed by atoms with Crippen molar-refractivity contribution in [2.75, 3.05) is 18.9 Å². The zero-order chi connectivity index (χ0) is 19.1. The molecule has 0 radical (unpaired) electrons. The number of likely N-dealkylation sites (N-methyl/N-ethyl adjacent to an activating group) is 1. The third-order valence-corrected chi connectivity index (χ3v) is 4.00. The van der Waals surface area contributed by atoms with E-state index in [0.29, 0.717) is 23.6 Å². The Kier molecular flexibility index (Phi) is 5.70. The van der Waals surface area contributed by atoms with Crippen molar-refractivity contribution in [3.8, 4) is 6.07 Å². The average Bonchev–Trinajstić information content (AvgIpc) is 2.73. The lowest BCUT2D eigenvalue weighted by molar-refractivity contribution is 0.0796. The topological polar surface area (TPSA) is 94.8 Å². The molecule has 3 aromatic rings. The Hall–Kier alpha value is -3.79. The summed E-state index contributed by atoms with van der Waals surface area (Å²) in [5, 5.41) is 11.8. The molecule has 1 amide bonds. The molecule has 0 aliphatic heterocycles. The summed E-state index contributed by atoms with van der Waals surface area (Å²) in [5.74, 6) is 0.254. The van der Waals surface area contributed by atoms with E-state index in [-0.39, 0.29) is 5.91 Å². The summed E-state index contributed by atoms with van der Waals surface area (Å²) >= 11 is 0. The van der Waals surface area contributed by atoms with E-state index in [0.717, 1.165) is 17.7 Å². The van der Waals surface area contributed by atoms with Crippen molar-refractivity contribution in [2.45, 2.75) is 6.42 Å². The molecule has 0 unspecified atom stereocenters. The first kappa shape index (κ1) is 18.0. The largest absolute Gasteiger partial charge is 0.341 e. The van der Waals surface area contributed by atoms with E-state index in [1.165, 1.54) is 12.4 Å². The van der Waals surface area contributed by atoms with Gasteiger partial charge < -0.3 is 10.2 Å². The molecule has 0 saturated carbocycles. The number of pyridine rings is 1. The fourth-order valence-electron chi connectivity index (χ4n) is 2.43. The molecule has 0 aliphatic rings. The third-order valence-electron chi connectivity index (χ3n) is 4.00. The number of rotatable bonds is 6. The first-order valence-corrected chi connectivity index (χ1v) is 8.39. The van der Waals surface area contributed by atoms with Crippen LogP contribution in [0.15, 0.2) is 61.2 Å². The van der Waals surface area contributed by atoms with Crippen LogP contribution < -0.4 is 5.32 Å². The van der Waals surface area contributed by atoms with Gasteiger partial charge in [-0.2, -0.15) is 5.26 Å². The minimum absolute atomic E-state index is 0.131. The first-order valence-electron chi connectivity index (χ1n) is 8.39. The van der Waals surface area contributed by atoms with Crippen molar-refractivity contribution in [2.24, 2.45) is 0 Å². The van der Waals surface area contributed by atoms with Gasteiger partial charge in [0.15, 0.2) is 0 Å². The second-order valence-electron chi connectivity index (χ2n) is 5.94. The van der Waals surface area contributed by atoms with Gasteiger partial charge in [0.05, 0.1) is 17.2 Å². The van der Waals surface area contributed by atoms with Gasteiger partial charge in [0.1, 0.15) is 0 Å². The molecule has 2 heterocycles. The number of nitriles is 1. The summed E-state index contributed by atoms with van der Waals surface area (Å²) in [4.78, 5) is 26.5. The number of amides is 1. The standard InChI is InChI=1S/C20H18N6O/c1-26(11-8-15-6-9-22-10-7-15)19(27)17-13-23-20(24-14-17)25-18-4-2-16(12-21)3-5-18/h2-7,9-10,13-14H,8,11H2,1H3,(H,23,24,25). The van der Waals surface area contributed by atoms with Crippen molar-refractivity contribution in [1.29, 1.82) is 5.26 Å². The smallest absolute Gasteiger partial charge is 0.256 e. The highest BCUT2D eigenvalue weighted by Gasteiger charge is 2.13. The van der Waals surface area contributed by atoms with Gasteiger partial charge >= 0.3 is 0 Å². The number of anilines is 2. The van der Waals surface area contributed by atoms with E-state index in [9.17, 15) is 4.79 Å². The van der Waals surface area contributed by atoms with E-state index < -0.39 is 0 Å². The van der Waals surface area contributed by atoms with Crippen LogP contribution in [0, 0.1) is 11.3 Å². The van der Waals surface area contributed by atoms with Crippen molar-refractivity contribution < 1.29 is 4.79 Å². The number of hydrogen-bond donors (Lipinski definition) is 1. The highest BCUT2D eigenvalue weighted by atomic mass is 16.2. The Bertz CT molecular complexity index is 933. The quantitative estimate of drug-likeness (QED) is 0.728. The van der Waals surface area contributed by atoms with Gasteiger partial charge in [-0.05, 0) is 48.4 Å². The van der Waals surface area contributed by atoms with Gasteiger partial charge in [-0.3, -0.25) is 9.78 Å². The molecule has 1 aromatic carbocycles. The highest BCUT2D eigenvalue weighted by Crippen LogP contribution is 2.14. The predicted molar refractivity (Wildman–Crippen MR) is 101 cm³/mol. The van der Waals surface area contributed by atoms with Crippen LogP contribution in [0.5, 0.6) is 0 Å². The Morgan fingerprint density at radius 1 is 1.11 bits per heavy atom. The lowest BCUT2D eigenvalue weighted by Crippen LogP contribution is -2.29. The van der Waals surface area contributed by atoms with Crippen molar-refractivity contribution >= 4 is 17.5 Å². The number of carbonyl (C=O) groups is 1. The summed E-state index contributed by atoms with van der Waals surface area (Å²) in [5.41, 5.74) is 2.90. The minimum atomic E-state index is -0.131. The molecule has 0 spiro atoms. The molecule has 3 rings (SSSR count). The average molecular weight is 358 g/mol. The Morgan fingerprint density at radius 3 is 2.41 bits per heavy atom. The van der Waals surface area contributed by atoms with Gasteiger partial charge in [0, 0.05) is 44.1 Å². The molecule has 134 valence electrons. The Balaban J connectivity index is 1.58. The SMILES string of the molecule is CN(CCc1ccncc1)C(=O)c1cnc(Nc2ccc(C#N)cc2)nc1. The normalized spacial score (nSPS) is 10.1. The van der Waals surface area contributed by atoms with Crippen LogP contribution in [0.1, 0.15) is 21.5 Å². The van der Waals surface area contributed by atoms with Crippen molar-refractivity contribution in [3.05, 3.63) is 77.9 Å². The molecule has 0 aliphatic carbocycles. The zero-order valence-electron chi connectivity index (χ0n) is 14.8. The molecular formula is C20H18N6O. The second kappa shape index (κ2) is 8.54. The van der Waals surface area contributed by atoms with E-state index in [2.05, 4.69) is 26.3 Å². The molecule has 0 bridgehead atoms. The van der Waals surface area contributed by atoms with E-state index in [1.54, 1.807) is 48.6 Å². The van der Waals surface area contributed by atoms with E-state index in [1.807, 2.05) is 12.1 Å². The van der Waals surface area contributed by atoms with E-state index >= 15 is 0 Å². The third kappa shape index (κ3) is 4.86. The summed E-state index contributed by atoms with van der Waals surface area (Å²) in [6.45, 7) is 0.591. The van der Waals surface area contributed by atoms with Crippen LogP contribution >= 0.6 is 0 Å². The summed E-state index contributed by atoms with van der Waals surface area (Å²) in [6, 6.07) is 12.9. The maximum atomic E-state index is 12.5. The lowest BCUT2D eigenvalue weighted by Gasteiger charge is -2.17. The fraction of sp³-hybridized carbons (Fsp3) is 0.150. The maximum Gasteiger partial charge on any atom is 0.256 e. The summed E-state index contributed by atoms with van der Waals surface area (Å²) < 4.78 is 0. The van der Waals surface area contributed by atoms with Crippen LogP contribution in [0.4, 0.5) is 11.6 Å². The minimum Gasteiger partial charge on any atom is -0.341 e. The molecule has 0 atom stereocenters. The van der Waals surface area contributed by atoms with Crippen molar-refractivity contribution in [1.82, 2.24) is 19.9 Å². The molecule has 0 saturated heterocycles. The van der Waals surface area contributed by atoms with Crippen LogP contribution in [-0.4, -0.2) is 39.4 Å². The highest BCUT2D eigenvalue weighted by molar-refractivity contribution is 5.93. The molecule has 7 heteroatoms. The van der Waals surface area contributed by atoms with Gasteiger partial charge in [0.2, 0.25) is 5.95 Å². The number of nitrogens with one attached hydrogen (secondary N) is 1. The summed E-state index contributed by atoms with van der Waals surface area (Å²) in [7, 11) is 1.76. The van der Waals surface area contributed by atoms with Gasteiger partial charge in [-0.25, -0.2) is 9.97 Å². The van der Waals surface area contributed by atoms with Crippen molar-refractivity contribution in [3.63, 3.8) is 0 Å². The predicted octanol–water partition coefficient (Wildman–Crippen LogP) is 2.80. The van der Waals surface area contributed by atoms with Gasteiger partial charge in [-0.1, -0.05) is 0 Å². The van der Waals surface area contributed by atoms with Crippen LogP contribution in [0.25, 0.3) is 0 Å². The Labute approximate surface area is 157 Å². The van der Waals surface area contributed by atoms with E-state index in [4.69, 9.17) is 5.26 Å². The van der Waals surface area contributed by atoms with Crippen LogP contribution in [0.3, 0.4) is 0 Å². The lowest BCUT2D eigenvalue weighted by atomic mass is 10.2. The van der Waals surface area contributed by atoms with Gasteiger partial charge in [-0.15, -0.1) is 0 Å². The van der Waals surface area contributed by atoms with Crippen LogP contribution in [-0.2, 0) is 6.42 Å². The monoisotopic (exact) mass is 358 g/mol. The summed E-state index contributed by atoms with van der Waals surface area (Å²) in [6.07, 6.45) is 7.24. The fourth-order valence-corrected chi connectivity index (χ4v) is 2.43. The Morgan fingerprint density at radius 2 is 1.78 bits per heavy atom. The molecule has 2 aromatic heterocycles.